The molecule has 0 amide bonds. The van der Waals surface area contributed by atoms with Gasteiger partial charge >= 0.3 is 0 Å². The van der Waals surface area contributed by atoms with Crippen LogP contribution < -0.4 is 14.2 Å². The molecule has 18 heavy (non-hydrogen) atoms. The zero-order chi connectivity index (χ0) is 11.9. The zero-order valence-corrected chi connectivity index (χ0v) is 9.76. The quantitative estimate of drug-likeness (QED) is 0.766. The SMILES string of the molecule is c1ccc2c(c1)OC(c1ccc3c(c1)OCC3)O2. The molecular formula is C15H12O3. The van der Waals surface area contributed by atoms with Crippen molar-refractivity contribution in [3.8, 4) is 17.2 Å². The topological polar surface area (TPSA) is 27.7 Å². The van der Waals surface area contributed by atoms with Crippen molar-refractivity contribution in [3.05, 3.63) is 53.6 Å². The first-order valence-electron chi connectivity index (χ1n) is 6.08. The standard InChI is InChI=1S/C15H12O3/c1-2-4-13-12(3-1)17-15(18-13)11-6-5-10-7-8-16-14(10)9-11/h1-6,9,15H,7-8H2. The number of fused-ring (bicyclic) bond motifs is 2. The van der Waals surface area contributed by atoms with E-state index in [2.05, 4.69) is 6.07 Å². The highest BCUT2D eigenvalue weighted by Crippen LogP contribution is 2.41. The fraction of sp³-hybridized carbons (Fsp3) is 0.200. The molecule has 0 aromatic heterocycles. The predicted molar refractivity (Wildman–Crippen MR) is 66.1 cm³/mol. The third kappa shape index (κ3) is 1.44. The van der Waals surface area contributed by atoms with Crippen molar-refractivity contribution in [1.82, 2.24) is 0 Å². The Kier molecular flexibility index (Phi) is 2.00. The minimum Gasteiger partial charge on any atom is -0.493 e. The van der Waals surface area contributed by atoms with Crippen molar-refractivity contribution in [2.24, 2.45) is 0 Å². The van der Waals surface area contributed by atoms with Crippen LogP contribution in [-0.2, 0) is 6.42 Å². The number of para-hydroxylation sites is 2. The molecule has 0 unspecified atom stereocenters. The van der Waals surface area contributed by atoms with E-state index in [-0.39, 0.29) is 6.29 Å². The average molecular weight is 240 g/mol. The second-order valence-corrected chi connectivity index (χ2v) is 4.48. The molecule has 0 spiro atoms. The lowest BCUT2D eigenvalue weighted by Gasteiger charge is -2.11. The van der Waals surface area contributed by atoms with E-state index in [0.717, 1.165) is 35.8 Å². The van der Waals surface area contributed by atoms with Crippen molar-refractivity contribution in [2.45, 2.75) is 12.7 Å². The van der Waals surface area contributed by atoms with Gasteiger partial charge in [0.25, 0.3) is 6.29 Å². The van der Waals surface area contributed by atoms with Gasteiger partial charge in [-0.05, 0) is 23.8 Å². The van der Waals surface area contributed by atoms with Gasteiger partial charge in [0, 0.05) is 12.0 Å². The molecule has 2 aliphatic rings. The first-order chi connectivity index (χ1) is 8.90. The van der Waals surface area contributed by atoms with Gasteiger partial charge in [-0.3, -0.25) is 0 Å². The molecule has 2 heterocycles. The van der Waals surface area contributed by atoms with Gasteiger partial charge in [0.2, 0.25) is 0 Å². The van der Waals surface area contributed by atoms with Gasteiger partial charge in [-0.2, -0.15) is 0 Å². The van der Waals surface area contributed by atoms with Crippen molar-refractivity contribution in [2.75, 3.05) is 6.61 Å². The van der Waals surface area contributed by atoms with E-state index < -0.39 is 0 Å². The van der Waals surface area contributed by atoms with Crippen molar-refractivity contribution < 1.29 is 14.2 Å². The highest BCUT2D eigenvalue weighted by atomic mass is 16.7. The van der Waals surface area contributed by atoms with Gasteiger partial charge in [-0.25, -0.2) is 0 Å². The fourth-order valence-electron chi connectivity index (χ4n) is 2.37. The Morgan fingerprint density at radius 2 is 1.67 bits per heavy atom. The summed E-state index contributed by atoms with van der Waals surface area (Å²) in [5.74, 6) is 2.54. The predicted octanol–water partition coefficient (Wildman–Crippen LogP) is 3.09. The summed E-state index contributed by atoms with van der Waals surface area (Å²) in [6.07, 6.45) is 0.624. The Bertz CT molecular complexity index is 581. The molecule has 90 valence electrons. The maximum atomic E-state index is 5.77. The molecule has 4 rings (SSSR count). The van der Waals surface area contributed by atoms with Crippen molar-refractivity contribution in [1.29, 1.82) is 0 Å². The maximum Gasteiger partial charge on any atom is 0.268 e. The number of benzene rings is 2. The summed E-state index contributed by atoms with van der Waals surface area (Å²) in [7, 11) is 0. The minimum absolute atomic E-state index is 0.364. The lowest BCUT2D eigenvalue weighted by Crippen LogP contribution is -2.07. The van der Waals surface area contributed by atoms with Crippen molar-refractivity contribution >= 4 is 0 Å². The summed E-state index contributed by atoms with van der Waals surface area (Å²) in [6, 6.07) is 13.9. The van der Waals surface area contributed by atoms with Crippen LogP contribution in [-0.4, -0.2) is 6.61 Å². The molecular weight excluding hydrogens is 228 g/mol. The summed E-state index contributed by atoms with van der Waals surface area (Å²) in [6.45, 7) is 0.769. The van der Waals surface area contributed by atoms with E-state index in [1.54, 1.807) is 0 Å². The van der Waals surface area contributed by atoms with E-state index in [1.165, 1.54) is 5.56 Å². The highest BCUT2D eigenvalue weighted by molar-refractivity contribution is 5.45. The second kappa shape index (κ2) is 3.67. The largest absolute Gasteiger partial charge is 0.493 e. The normalized spacial score (nSPS) is 16.4. The summed E-state index contributed by atoms with van der Waals surface area (Å²) in [4.78, 5) is 0. The van der Waals surface area contributed by atoms with Crippen LogP contribution in [0.25, 0.3) is 0 Å². The highest BCUT2D eigenvalue weighted by Gasteiger charge is 2.26. The molecule has 0 N–H and O–H groups in total. The van der Waals surface area contributed by atoms with E-state index >= 15 is 0 Å². The van der Waals surface area contributed by atoms with E-state index in [0.29, 0.717) is 0 Å². The Labute approximate surface area is 105 Å². The van der Waals surface area contributed by atoms with Crippen molar-refractivity contribution in [3.63, 3.8) is 0 Å². The lowest BCUT2D eigenvalue weighted by molar-refractivity contribution is 0.0485. The number of rotatable bonds is 1. The van der Waals surface area contributed by atoms with Gasteiger partial charge in [0.15, 0.2) is 11.5 Å². The Morgan fingerprint density at radius 3 is 2.44 bits per heavy atom. The fourth-order valence-corrected chi connectivity index (χ4v) is 2.37. The molecule has 3 nitrogen and oxygen atoms in total. The number of hydrogen-bond acceptors (Lipinski definition) is 3. The van der Waals surface area contributed by atoms with Gasteiger partial charge in [0.05, 0.1) is 6.61 Å². The molecule has 3 heteroatoms. The molecule has 0 fully saturated rings. The zero-order valence-electron chi connectivity index (χ0n) is 9.76. The van der Waals surface area contributed by atoms with Crippen LogP contribution in [0.1, 0.15) is 17.4 Å². The smallest absolute Gasteiger partial charge is 0.268 e. The van der Waals surface area contributed by atoms with Crippen LogP contribution in [0.4, 0.5) is 0 Å². The first-order valence-corrected chi connectivity index (χ1v) is 6.08. The molecule has 0 aliphatic carbocycles. The second-order valence-electron chi connectivity index (χ2n) is 4.48. The number of hydrogen-bond donors (Lipinski definition) is 0. The van der Waals surface area contributed by atoms with Gasteiger partial charge in [-0.1, -0.05) is 24.3 Å². The lowest BCUT2D eigenvalue weighted by atomic mass is 10.1. The molecule has 0 atom stereocenters. The summed E-state index contributed by atoms with van der Waals surface area (Å²) < 4.78 is 17.1. The van der Waals surface area contributed by atoms with Crippen LogP contribution in [0.15, 0.2) is 42.5 Å². The van der Waals surface area contributed by atoms with E-state index in [1.807, 2.05) is 36.4 Å². The summed E-state index contributed by atoms with van der Waals surface area (Å²) in [5.41, 5.74) is 2.25. The molecule has 2 aromatic carbocycles. The van der Waals surface area contributed by atoms with Gasteiger partial charge in [0.1, 0.15) is 5.75 Å². The minimum atomic E-state index is -0.364. The Balaban J connectivity index is 1.66. The molecule has 0 bridgehead atoms. The van der Waals surface area contributed by atoms with Crippen LogP contribution in [0.3, 0.4) is 0 Å². The monoisotopic (exact) mass is 240 g/mol. The first kappa shape index (κ1) is 9.83. The van der Waals surface area contributed by atoms with E-state index in [4.69, 9.17) is 14.2 Å². The number of ether oxygens (including phenoxy) is 3. The third-order valence-corrected chi connectivity index (χ3v) is 3.31. The molecule has 0 saturated carbocycles. The third-order valence-electron chi connectivity index (χ3n) is 3.31. The van der Waals surface area contributed by atoms with Crippen LogP contribution >= 0.6 is 0 Å². The maximum absolute atomic E-state index is 5.77. The van der Waals surface area contributed by atoms with Gasteiger partial charge in [-0.15, -0.1) is 0 Å². The average Bonchev–Trinajstić information content (AvgIpc) is 3.04. The Morgan fingerprint density at radius 1 is 0.889 bits per heavy atom. The molecule has 2 aliphatic heterocycles. The molecule has 0 radical (unpaired) electrons. The Hall–Kier alpha value is -2.16. The van der Waals surface area contributed by atoms with Crippen LogP contribution in [0.2, 0.25) is 0 Å². The molecule has 2 aromatic rings. The summed E-state index contributed by atoms with van der Waals surface area (Å²) >= 11 is 0. The summed E-state index contributed by atoms with van der Waals surface area (Å²) in [5, 5.41) is 0. The van der Waals surface area contributed by atoms with Crippen LogP contribution in [0.5, 0.6) is 17.2 Å². The van der Waals surface area contributed by atoms with E-state index in [9.17, 15) is 0 Å². The molecule has 0 saturated heterocycles. The van der Waals surface area contributed by atoms with Crippen LogP contribution in [0, 0.1) is 0 Å². The van der Waals surface area contributed by atoms with Gasteiger partial charge < -0.3 is 14.2 Å².